The molecule has 8 nitrogen and oxygen atoms in total. The smallest absolute Gasteiger partial charge is 0.280 e. The van der Waals surface area contributed by atoms with Gasteiger partial charge >= 0.3 is 0 Å². The number of hydrogen-bond donors (Lipinski definition) is 0. The zero-order valence-corrected chi connectivity index (χ0v) is 18.9. The number of pyridine rings is 2. The summed E-state index contributed by atoms with van der Waals surface area (Å²) < 4.78 is 32.5. The summed E-state index contributed by atoms with van der Waals surface area (Å²) >= 11 is 0. The average molecular weight is 464 g/mol. The van der Waals surface area contributed by atoms with Gasteiger partial charge in [0.05, 0.1) is 7.11 Å². The molecule has 5 rings (SSSR count). The molecular formula is C24H22F2N6O2. The number of aromatic nitrogens is 5. The van der Waals surface area contributed by atoms with Gasteiger partial charge in [0.15, 0.2) is 11.5 Å². The third-order valence-electron chi connectivity index (χ3n) is 6.19. The van der Waals surface area contributed by atoms with E-state index in [1.165, 1.54) is 0 Å². The Kier molecular flexibility index (Phi) is 5.43. The van der Waals surface area contributed by atoms with E-state index in [0.29, 0.717) is 36.8 Å². The molecule has 34 heavy (non-hydrogen) atoms. The van der Waals surface area contributed by atoms with Gasteiger partial charge in [-0.05, 0) is 31.5 Å². The first-order valence-electron chi connectivity index (χ1n) is 10.8. The number of hydrogen-bond acceptors (Lipinski definition) is 7. The number of alkyl halides is 2. The van der Waals surface area contributed by atoms with Crippen LogP contribution in [0, 0.1) is 13.8 Å². The fourth-order valence-electron chi connectivity index (χ4n) is 4.19. The normalized spacial score (nSPS) is 13.4. The summed E-state index contributed by atoms with van der Waals surface area (Å²) in [7, 11) is 1.57. The second-order valence-corrected chi connectivity index (χ2v) is 8.22. The summed E-state index contributed by atoms with van der Waals surface area (Å²) in [4.78, 5) is 27.5. The summed E-state index contributed by atoms with van der Waals surface area (Å²) in [5, 5.41) is 4.51. The van der Waals surface area contributed by atoms with Gasteiger partial charge in [-0.1, -0.05) is 0 Å². The van der Waals surface area contributed by atoms with E-state index in [4.69, 9.17) is 4.74 Å². The lowest BCUT2D eigenvalue weighted by molar-refractivity contribution is 0.146. The molecule has 0 fully saturated rings. The molecule has 0 aliphatic carbocycles. The van der Waals surface area contributed by atoms with Crippen LogP contribution < -0.4 is 15.2 Å². The van der Waals surface area contributed by atoms with Crippen molar-refractivity contribution < 1.29 is 13.5 Å². The van der Waals surface area contributed by atoms with Crippen molar-refractivity contribution in [3.05, 3.63) is 75.1 Å². The highest BCUT2D eigenvalue weighted by atomic mass is 19.3. The Hall–Kier alpha value is -3.95. The second kappa shape index (κ2) is 8.44. The zero-order chi connectivity index (χ0) is 24.0. The van der Waals surface area contributed by atoms with Crippen LogP contribution in [0.25, 0.3) is 16.8 Å². The highest BCUT2D eigenvalue weighted by Crippen LogP contribution is 2.30. The third-order valence-corrected chi connectivity index (χ3v) is 6.19. The Labute approximate surface area is 193 Å². The van der Waals surface area contributed by atoms with Crippen LogP contribution in [0.5, 0.6) is 5.88 Å². The monoisotopic (exact) mass is 464 g/mol. The molecule has 0 unspecified atom stereocenters. The molecule has 0 N–H and O–H groups in total. The molecule has 0 saturated heterocycles. The van der Waals surface area contributed by atoms with Crippen LogP contribution >= 0.6 is 0 Å². The molecular weight excluding hydrogens is 442 g/mol. The van der Waals surface area contributed by atoms with Gasteiger partial charge in [-0.2, -0.15) is 4.52 Å². The van der Waals surface area contributed by atoms with Crippen LogP contribution in [0.1, 0.15) is 34.5 Å². The molecule has 5 heterocycles. The lowest BCUT2D eigenvalue weighted by Crippen LogP contribution is -2.34. The molecule has 174 valence electrons. The van der Waals surface area contributed by atoms with Crippen molar-refractivity contribution in [2.75, 3.05) is 18.6 Å². The van der Waals surface area contributed by atoms with Gasteiger partial charge in [-0.3, -0.25) is 9.78 Å². The van der Waals surface area contributed by atoms with Gasteiger partial charge in [0.25, 0.3) is 12.0 Å². The van der Waals surface area contributed by atoms with Gasteiger partial charge in [-0.25, -0.2) is 18.7 Å². The van der Waals surface area contributed by atoms with Crippen LogP contribution in [-0.2, 0) is 13.0 Å². The molecule has 0 spiro atoms. The predicted molar refractivity (Wildman–Crippen MR) is 122 cm³/mol. The molecule has 0 atom stereocenters. The third kappa shape index (κ3) is 3.74. The van der Waals surface area contributed by atoms with E-state index in [0.717, 1.165) is 38.5 Å². The van der Waals surface area contributed by atoms with Crippen LogP contribution in [-0.4, -0.2) is 38.2 Å². The van der Waals surface area contributed by atoms with Crippen LogP contribution in [0.3, 0.4) is 0 Å². The molecule has 0 amide bonds. The molecule has 0 bridgehead atoms. The first kappa shape index (κ1) is 21.9. The number of fused-ring (bicyclic) bond motifs is 2. The SMILES string of the molecule is COc1ccc(-c2cnc3c(c2)CN(c2nn4c(=O)cc(C(F)F)nc4c(C)c2C)CC3)cn1. The maximum Gasteiger partial charge on any atom is 0.280 e. The van der Waals surface area contributed by atoms with Crippen LogP contribution in [0.2, 0.25) is 0 Å². The fraction of sp³-hybridized carbons (Fsp3) is 0.292. The number of rotatable bonds is 4. The summed E-state index contributed by atoms with van der Waals surface area (Å²) in [5.74, 6) is 1.17. The first-order valence-corrected chi connectivity index (χ1v) is 10.8. The Bertz CT molecular complexity index is 1450. The van der Waals surface area contributed by atoms with Crippen molar-refractivity contribution in [1.82, 2.24) is 24.6 Å². The van der Waals surface area contributed by atoms with E-state index >= 15 is 0 Å². The van der Waals surface area contributed by atoms with Gasteiger partial charge < -0.3 is 9.64 Å². The van der Waals surface area contributed by atoms with E-state index in [2.05, 4.69) is 31.0 Å². The number of ether oxygens (including phenoxy) is 1. The maximum atomic E-state index is 13.2. The molecule has 10 heteroatoms. The predicted octanol–water partition coefficient (Wildman–Crippen LogP) is 3.67. The highest BCUT2D eigenvalue weighted by molar-refractivity contribution is 5.64. The number of anilines is 1. The maximum absolute atomic E-state index is 13.2. The van der Waals surface area contributed by atoms with E-state index in [9.17, 15) is 13.6 Å². The lowest BCUT2D eigenvalue weighted by Gasteiger charge is -2.31. The largest absolute Gasteiger partial charge is 0.481 e. The summed E-state index contributed by atoms with van der Waals surface area (Å²) in [6.45, 7) is 4.85. The molecule has 0 radical (unpaired) electrons. The van der Waals surface area contributed by atoms with Crippen molar-refractivity contribution in [2.24, 2.45) is 0 Å². The molecule has 0 aromatic carbocycles. The number of nitrogens with zero attached hydrogens (tertiary/aromatic N) is 6. The van der Waals surface area contributed by atoms with Crippen LogP contribution in [0.4, 0.5) is 14.6 Å². The average Bonchev–Trinajstić information content (AvgIpc) is 2.85. The van der Waals surface area contributed by atoms with Gasteiger partial charge in [0.1, 0.15) is 5.69 Å². The molecule has 1 aliphatic rings. The highest BCUT2D eigenvalue weighted by Gasteiger charge is 2.24. The van der Waals surface area contributed by atoms with Crippen molar-refractivity contribution in [1.29, 1.82) is 0 Å². The molecule has 4 aromatic heterocycles. The topological polar surface area (TPSA) is 85.5 Å². The first-order chi connectivity index (χ1) is 16.4. The minimum absolute atomic E-state index is 0.150. The van der Waals surface area contributed by atoms with Crippen molar-refractivity contribution in [3.8, 4) is 17.0 Å². The quantitative estimate of drug-likeness (QED) is 0.456. The van der Waals surface area contributed by atoms with E-state index in [-0.39, 0.29) is 5.65 Å². The molecule has 4 aromatic rings. The number of methoxy groups -OCH3 is 1. The van der Waals surface area contributed by atoms with Crippen molar-refractivity contribution in [2.45, 2.75) is 33.2 Å². The van der Waals surface area contributed by atoms with Crippen molar-refractivity contribution >= 4 is 11.5 Å². The molecule has 0 saturated carbocycles. The summed E-state index contributed by atoms with van der Waals surface area (Å²) in [6.07, 6.45) is 1.48. The molecule has 1 aliphatic heterocycles. The summed E-state index contributed by atoms with van der Waals surface area (Å²) in [6, 6.07) is 6.66. The Morgan fingerprint density at radius 3 is 2.56 bits per heavy atom. The number of halogens is 2. The van der Waals surface area contributed by atoms with Gasteiger partial charge in [-0.15, -0.1) is 5.10 Å². The Morgan fingerprint density at radius 1 is 1.06 bits per heavy atom. The lowest BCUT2D eigenvalue weighted by atomic mass is 10.0. The fourth-order valence-corrected chi connectivity index (χ4v) is 4.19. The van der Waals surface area contributed by atoms with E-state index in [1.807, 2.05) is 19.2 Å². The van der Waals surface area contributed by atoms with Gasteiger partial charge in [0.2, 0.25) is 5.88 Å². The van der Waals surface area contributed by atoms with E-state index < -0.39 is 17.7 Å². The minimum Gasteiger partial charge on any atom is -0.481 e. The van der Waals surface area contributed by atoms with Crippen molar-refractivity contribution in [3.63, 3.8) is 0 Å². The van der Waals surface area contributed by atoms with E-state index in [1.54, 1.807) is 26.3 Å². The standard InChI is InChI=1S/C24H22F2N6O2/c1-13-14(2)24(30-32-21(33)9-19(22(25)26)29-23(13)32)31-7-6-18-17(12-31)8-16(11-27-18)15-4-5-20(34-3)28-10-15/h4-5,8-11,22H,6-7,12H2,1-3H3. The Balaban J connectivity index is 1.52. The minimum atomic E-state index is -2.82. The zero-order valence-electron chi connectivity index (χ0n) is 18.9. The summed E-state index contributed by atoms with van der Waals surface area (Å²) in [5.41, 5.74) is 4.36. The van der Waals surface area contributed by atoms with Crippen LogP contribution in [0.15, 0.2) is 41.5 Å². The Morgan fingerprint density at radius 2 is 1.85 bits per heavy atom. The second-order valence-electron chi connectivity index (χ2n) is 8.22. The number of aryl methyl sites for hydroxylation is 1. The van der Waals surface area contributed by atoms with Gasteiger partial charge in [0, 0.05) is 72.0 Å².